The van der Waals surface area contributed by atoms with Gasteiger partial charge in [-0.05, 0) is 6.42 Å². The van der Waals surface area contributed by atoms with Crippen molar-refractivity contribution in [3.8, 4) is 0 Å². The molecule has 72 valence electrons. The van der Waals surface area contributed by atoms with E-state index in [9.17, 15) is 0 Å². The first-order valence-corrected chi connectivity index (χ1v) is 6.33. The standard InChI is InChI=1S/C10H21NS/c1-2-3-4-5-6-7-10-11-8-9-12-10/h10-11H,2-9H2,1H3. The molecule has 1 aliphatic heterocycles. The van der Waals surface area contributed by atoms with Gasteiger partial charge in [-0.25, -0.2) is 0 Å². The minimum atomic E-state index is 0.784. The summed E-state index contributed by atoms with van der Waals surface area (Å²) in [6, 6.07) is 0. The fraction of sp³-hybridized carbons (Fsp3) is 1.00. The van der Waals surface area contributed by atoms with Crippen LogP contribution in [0.25, 0.3) is 0 Å². The molecule has 0 spiro atoms. The summed E-state index contributed by atoms with van der Waals surface area (Å²) >= 11 is 2.10. The van der Waals surface area contributed by atoms with Crippen LogP contribution >= 0.6 is 11.8 Å². The van der Waals surface area contributed by atoms with E-state index in [0.717, 1.165) is 5.37 Å². The fourth-order valence-corrected chi connectivity index (χ4v) is 2.69. The average molecular weight is 187 g/mol. The Kier molecular flexibility index (Phi) is 5.88. The van der Waals surface area contributed by atoms with Gasteiger partial charge < -0.3 is 5.32 Å². The predicted molar refractivity (Wildman–Crippen MR) is 57.6 cm³/mol. The molecule has 0 aromatic carbocycles. The van der Waals surface area contributed by atoms with Crippen LogP contribution in [-0.2, 0) is 0 Å². The third-order valence-corrected chi connectivity index (χ3v) is 3.61. The summed E-state index contributed by atoms with van der Waals surface area (Å²) in [6.45, 7) is 3.50. The molecule has 1 saturated heterocycles. The summed E-state index contributed by atoms with van der Waals surface area (Å²) in [7, 11) is 0. The smallest absolute Gasteiger partial charge is 0.0532 e. The molecule has 1 aliphatic rings. The maximum Gasteiger partial charge on any atom is 0.0532 e. The molecule has 1 unspecified atom stereocenters. The van der Waals surface area contributed by atoms with Crippen LogP contribution in [0.4, 0.5) is 0 Å². The molecule has 0 aromatic rings. The Bertz CT molecular complexity index is 100. The number of unbranched alkanes of at least 4 members (excludes halogenated alkanes) is 4. The van der Waals surface area contributed by atoms with Gasteiger partial charge in [-0.2, -0.15) is 0 Å². The SMILES string of the molecule is CCCCCCCC1NCCS1. The Hall–Kier alpha value is 0.310. The molecule has 1 heterocycles. The van der Waals surface area contributed by atoms with Crippen molar-refractivity contribution >= 4 is 11.8 Å². The Morgan fingerprint density at radius 1 is 1.25 bits per heavy atom. The highest BCUT2D eigenvalue weighted by atomic mass is 32.2. The molecule has 1 nitrogen and oxygen atoms in total. The second-order valence-electron chi connectivity index (χ2n) is 3.52. The Labute approximate surface area is 80.7 Å². The van der Waals surface area contributed by atoms with Crippen molar-refractivity contribution in [3.05, 3.63) is 0 Å². The molecular formula is C10H21NS. The van der Waals surface area contributed by atoms with Crippen molar-refractivity contribution in [1.82, 2.24) is 5.32 Å². The van der Waals surface area contributed by atoms with Gasteiger partial charge in [0.1, 0.15) is 0 Å². The predicted octanol–water partition coefficient (Wildman–Crippen LogP) is 3.01. The number of rotatable bonds is 6. The summed E-state index contributed by atoms with van der Waals surface area (Å²) in [5.74, 6) is 1.32. The van der Waals surface area contributed by atoms with Gasteiger partial charge in [0.15, 0.2) is 0 Å². The summed E-state index contributed by atoms with van der Waals surface area (Å²) in [5.41, 5.74) is 0. The first-order chi connectivity index (χ1) is 5.93. The van der Waals surface area contributed by atoms with E-state index in [1.165, 1.54) is 50.8 Å². The summed E-state index contributed by atoms with van der Waals surface area (Å²) in [4.78, 5) is 0. The third kappa shape index (κ3) is 4.36. The largest absolute Gasteiger partial charge is 0.305 e. The first kappa shape index (κ1) is 10.4. The van der Waals surface area contributed by atoms with Crippen molar-refractivity contribution in [2.75, 3.05) is 12.3 Å². The average Bonchev–Trinajstić information content (AvgIpc) is 2.57. The molecular weight excluding hydrogens is 166 g/mol. The molecule has 0 aromatic heterocycles. The van der Waals surface area contributed by atoms with E-state index in [4.69, 9.17) is 0 Å². The molecule has 1 rings (SSSR count). The van der Waals surface area contributed by atoms with Gasteiger partial charge in [-0.15, -0.1) is 11.8 Å². The lowest BCUT2D eigenvalue weighted by atomic mass is 10.1. The van der Waals surface area contributed by atoms with Gasteiger partial charge in [0.05, 0.1) is 5.37 Å². The molecule has 1 N–H and O–H groups in total. The molecule has 12 heavy (non-hydrogen) atoms. The lowest BCUT2D eigenvalue weighted by molar-refractivity contribution is 0.570. The van der Waals surface area contributed by atoms with Gasteiger partial charge >= 0.3 is 0 Å². The molecule has 1 fully saturated rings. The quantitative estimate of drug-likeness (QED) is 0.642. The monoisotopic (exact) mass is 187 g/mol. The minimum absolute atomic E-state index is 0.784. The van der Waals surface area contributed by atoms with Crippen LogP contribution in [0.2, 0.25) is 0 Å². The number of nitrogens with one attached hydrogen (secondary N) is 1. The number of hydrogen-bond donors (Lipinski definition) is 1. The molecule has 0 aliphatic carbocycles. The van der Waals surface area contributed by atoms with Crippen LogP contribution in [0.3, 0.4) is 0 Å². The van der Waals surface area contributed by atoms with E-state index >= 15 is 0 Å². The van der Waals surface area contributed by atoms with Crippen molar-refractivity contribution < 1.29 is 0 Å². The highest BCUT2D eigenvalue weighted by Crippen LogP contribution is 2.19. The summed E-state index contributed by atoms with van der Waals surface area (Å²) < 4.78 is 0. The summed E-state index contributed by atoms with van der Waals surface area (Å²) in [6.07, 6.45) is 8.46. The van der Waals surface area contributed by atoms with E-state index in [1.807, 2.05) is 0 Å². The van der Waals surface area contributed by atoms with Crippen molar-refractivity contribution in [3.63, 3.8) is 0 Å². The van der Waals surface area contributed by atoms with Crippen LogP contribution in [0.1, 0.15) is 45.4 Å². The van der Waals surface area contributed by atoms with E-state index in [0.29, 0.717) is 0 Å². The van der Waals surface area contributed by atoms with Crippen molar-refractivity contribution in [2.24, 2.45) is 0 Å². The third-order valence-electron chi connectivity index (χ3n) is 2.36. The zero-order chi connectivity index (χ0) is 8.65. The van der Waals surface area contributed by atoms with Gasteiger partial charge in [0, 0.05) is 12.3 Å². The minimum Gasteiger partial charge on any atom is -0.305 e. The zero-order valence-corrected chi connectivity index (χ0v) is 8.96. The van der Waals surface area contributed by atoms with Crippen LogP contribution in [-0.4, -0.2) is 17.7 Å². The summed E-state index contributed by atoms with van der Waals surface area (Å²) in [5, 5.41) is 4.29. The fourth-order valence-electron chi connectivity index (χ4n) is 1.60. The maximum absolute atomic E-state index is 3.51. The van der Waals surface area contributed by atoms with E-state index < -0.39 is 0 Å². The highest BCUT2D eigenvalue weighted by molar-refractivity contribution is 8.00. The Balaban J connectivity index is 1.81. The maximum atomic E-state index is 3.51. The molecule has 0 amide bonds. The number of hydrogen-bond acceptors (Lipinski definition) is 2. The first-order valence-electron chi connectivity index (χ1n) is 5.28. The Morgan fingerprint density at radius 3 is 2.75 bits per heavy atom. The van der Waals surface area contributed by atoms with Gasteiger partial charge in [-0.3, -0.25) is 0 Å². The highest BCUT2D eigenvalue weighted by Gasteiger charge is 2.12. The lowest BCUT2D eigenvalue weighted by Crippen LogP contribution is -2.19. The second kappa shape index (κ2) is 6.79. The van der Waals surface area contributed by atoms with E-state index in [-0.39, 0.29) is 0 Å². The van der Waals surface area contributed by atoms with Gasteiger partial charge in [0.25, 0.3) is 0 Å². The van der Waals surface area contributed by atoms with Gasteiger partial charge in [-0.1, -0.05) is 39.0 Å². The normalized spacial score (nSPS) is 23.2. The zero-order valence-electron chi connectivity index (χ0n) is 8.14. The van der Waals surface area contributed by atoms with Crippen LogP contribution in [0, 0.1) is 0 Å². The molecule has 2 heteroatoms. The van der Waals surface area contributed by atoms with Crippen LogP contribution < -0.4 is 5.32 Å². The lowest BCUT2D eigenvalue weighted by Gasteiger charge is -2.07. The van der Waals surface area contributed by atoms with Crippen molar-refractivity contribution in [2.45, 2.75) is 50.8 Å². The van der Waals surface area contributed by atoms with Crippen molar-refractivity contribution in [1.29, 1.82) is 0 Å². The van der Waals surface area contributed by atoms with Crippen LogP contribution in [0.15, 0.2) is 0 Å². The molecule has 0 bridgehead atoms. The second-order valence-corrected chi connectivity index (χ2v) is 4.83. The topological polar surface area (TPSA) is 12.0 Å². The van der Waals surface area contributed by atoms with Gasteiger partial charge in [0.2, 0.25) is 0 Å². The molecule has 1 atom stereocenters. The molecule has 0 radical (unpaired) electrons. The molecule has 0 saturated carbocycles. The Morgan fingerprint density at radius 2 is 2.08 bits per heavy atom. The van der Waals surface area contributed by atoms with E-state index in [1.54, 1.807) is 0 Å². The van der Waals surface area contributed by atoms with E-state index in [2.05, 4.69) is 24.0 Å². The van der Waals surface area contributed by atoms with Crippen LogP contribution in [0.5, 0.6) is 0 Å². The number of thioether (sulfide) groups is 1.